The molecule has 0 aromatic heterocycles. The molecule has 0 unspecified atom stereocenters. The average Bonchev–Trinajstić information content (AvgIpc) is 2.94. The highest BCUT2D eigenvalue weighted by Crippen LogP contribution is 2.14. The second-order valence-corrected chi connectivity index (χ2v) is 4.54. The number of hydrogen-bond acceptors (Lipinski definition) is 5. The lowest BCUT2D eigenvalue weighted by atomic mass is 10.1. The first-order valence-corrected chi connectivity index (χ1v) is 6.73. The van der Waals surface area contributed by atoms with Crippen LogP contribution in [0.3, 0.4) is 0 Å². The normalized spacial score (nSPS) is 18.7. The van der Waals surface area contributed by atoms with Gasteiger partial charge < -0.3 is 23.8 Å². The van der Waals surface area contributed by atoms with E-state index < -0.39 is 0 Å². The number of carbonyl (C=O) groups excluding carboxylic acids is 1. The molecule has 1 aliphatic heterocycles. The molecule has 112 valence electrons. The molecule has 0 aliphatic carbocycles. The number of hydrogen-bond donors (Lipinski definition) is 0. The summed E-state index contributed by atoms with van der Waals surface area (Å²) in [5, 5.41) is 0. The molecule has 1 atom stereocenters. The fourth-order valence-electron chi connectivity index (χ4n) is 1.82. The first-order chi connectivity index (χ1) is 9.25. The van der Waals surface area contributed by atoms with E-state index in [4.69, 9.17) is 18.9 Å². The Labute approximate surface area is 114 Å². The molecule has 1 saturated heterocycles. The fraction of sp³-hybridized carbons (Fsp3) is 0.923. The van der Waals surface area contributed by atoms with Crippen molar-refractivity contribution in [3.05, 3.63) is 0 Å². The molecule has 0 bridgehead atoms. The monoisotopic (exact) mass is 275 g/mol. The van der Waals surface area contributed by atoms with Crippen LogP contribution in [0.4, 0.5) is 0 Å². The number of methoxy groups -OCH3 is 1. The number of likely N-dealkylation sites (N-methyl/N-ethyl adjacent to an activating group) is 1. The van der Waals surface area contributed by atoms with Gasteiger partial charge >= 0.3 is 0 Å². The summed E-state index contributed by atoms with van der Waals surface area (Å²) in [5.74, 6) is 0.180. The topological polar surface area (TPSA) is 57.2 Å². The van der Waals surface area contributed by atoms with E-state index >= 15 is 0 Å². The second-order valence-electron chi connectivity index (χ2n) is 4.54. The molecule has 1 heterocycles. The summed E-state index contributed by atoms with van der Waals surface area (Å²) < 4.78 is 20.7. The smallest absolute Gasteiger partial charge is 0.227 e. The molecule has 0 aromatic rings. The van der Waals surface area contributed by atoms with Gasteiger partial charge in [0.1, 0.15) is 0 Å². The molecular formula is C13H25NO5. The zero-order chi connectivity index (χ0) is 13.9. The van der Waals surface area contributed by atoms with Crippen LogP contribution in [-0.2, 0) is 23.7 Å². The number of carbonyl (C=O) groups is 1. The van der Waals surface area contributed by atoms with E-state index in [-0.39, 0.29) is 11.8 Å². The maximum Gasteiger partial charge on any atom is 0.227 e. The molecule has 6 heteroatoms. The van der Waals surface area contributed by atoms with E-state index in [9.17, 15) is 4.79 Å². The standard InChI is InChI=1S/C13H25NO5/c1-14(13(15)12-3-5-19-11-12)4-6-17-9-10-18-8-7-16-2/h12H,3-11H2,1-2H3/t12-/m0/s1. The van der Waals surface area contributed by atoms with E-state index in [1.807, 2.05) is 0 Å². The van der Waals surface area contributed by atoms with E-state index in [2.05, 4.69) is 0 Å². The van der Waals surface area contributed by atoms with Crippen LogP contribution in [0.1, 0.15) is 6.42 Å². The lowest BCUT2D eigenvalue weighted by Gasteiger charge is -2.20. The van der Waals surface area contributed by atoms with Gasteiger partial charge in [-0.05, 0) is 6.42 Å². The van der Waals surface area contributed by atoms with Crippen LogP contribution in [0.25, 0.3) is 0 Å². The molecule has 19 heavy (non-hydrogen) atoms. The third-order valence-corrected chi connectivity index (χ3v) is 3.03. The Morgan fingerprint density at radius 3 is 2.53 bits per heavy atom. The molecule has 1 rings (SSSR count). The summed E-state index contributed by atoms with van der Waals surface area (Å²) in [7, 11) is 3.45. The highest BCUT2D eigenvalue weighted by atomic mass is 16.5. The molecule has 6 nitrogen and oxygen atoms in total. The van der Waals surface area contributed by atoms with Crippen molar-refractivity contribution < 1.29 is 23.7 Å². The number of rotatable bonds is 10. The molecular weight excluding hydrogens is 250 g/mol. The first kappa shape index (κ1) is 16.4. The number of ether oxygens (including phenoxy) is 4. The molecule has 0 radical (unpaired) electrons. The Morgan fingerprint density at radius 2 is 1.89 bits per heavy atom. The minimum Gasteiger partial charge on any atom is -0.382 e. The Balaban J connectivity index is 1.94. The molecule has 0 spiro atoms. The van der Waals surface area contributed by atoms with Crippen LogP contribution >= 0.6 is 0 Å². The summed E-state index contributed by atoms with van der Waals surface area (Å²) in [5.41, 5.74) is 0. The summed E-state index contributed by atoms with van der Waals surface area (Å²) in [4.78, 5) is 13.6. The fourth-order valence-corrected chi connectivity index (χ4v) is 1.82. The zero-order valence-corrected chi connectivity index (χ0v) is 11.9. The Bertz CT molecular complexity index is 243. The van der Waals surface area contributed by atoms with E-state index in [0.29, 0.717) is 52.8 Å². The predicted molar refractivity (Wildman–Crippen MR) is 70.1 cm³/mol. The van der Waals surface area contributed by atoms with Gasteiger partial charge in [0.2, 0.25) is 5.91 Å². The van der Waals surface area contributed by atoms with Crippen molar-refractivity contribution in [2.75, 3.05) is 67.0 Å². The summed E-state index contributed by atoms with van der Waals surface area (Å²) >= 11 is 0. The Morgan fingerprint density at radius 1 is 1.21 bits per heavy atom. The zero-order valence-electron chi connectivity index (χ0n) is 11.9. The molecule has 0 saturated carbocycles. The van der Waals surface area contributed by atoms with Crippen molar-refractivity contribution in [3.8, 4) is 0 Å². The van der Waals surface area contributed by atoms with Crippen molar-refractivity contribution in [1.29, 1.82) is 0 Å². The largest absolute Gasteiger partial charge is 0.382 e. The maximum atomic E-state index is 11.9. The summed E-state index contributed by atoms with van der Waals surface area (Å²) in [6, 6.07) is 0. The van der Waals surface area contributed by atoms with Gasteiger partial charge in [0.15, 0.2) is 0 Å². The molecule has 0 aromatic carbocycles. The Kier molecular flexibility index (Phi) is 8.73. The van der Waals surface area contributed by atoms with Crippen LogP contribution in [0, 0.1) is 5.92 Å². The quantitative estimate of drug-likeness (QED) is 0.532. The third kappa shape index (κ3) is 6.87. The summed E-state index contributed by atoms with van der Waals surface area (Å²) in [6.07, 6.45) is 0.831. The van der Waals surface area contributed by atoms with Crippen molar-refractivity contribution in [2.24, 2.45) is 5.92 Å². The van der Waals surface area contributed by atoms with E-state index in [0.717, 1.165) is 6.42 Å². The molecule has 0 N–H and O–H groups in total. The van der Waals surface area contributed by atoms with Gasteiger partial charge in [0, 0.05) is 27.3 Å². The number of amides is 1. The lowest BCUT2D eigenvalue weighted by Crippen LogP contribution is -2.35. The molecule has 1 fully saturated rings. The second kappa shape index (κ2) is 10.1. The van der Waals surface area contributed by atoms with E-state index in [1.165, 1.54) is 0 Å². The summed E-state index contributed by atoms with van der Waals surface area (Å²) in [6.45, 7) is 4.66. The van der Waals surface area contributed by atoms with Gasteiger partial charge in [-0.2, -0.15) is 0 Å². The minimum absolute atomic E-state index is 0.0300. The highest BCUT2D eigenvalue weighted by Gasteiger charge is 2.25. The van der Waals surface area contributed by atoms with Crippen LogP contribution in [0.5, 0.6) is 0 Å². The average molecular weight is 275 g/mol. The highest BCUT2D eigenvalue weighted by molar-refractivity contribution is 5.78. The van der Waals surface area contributed by atoms with Gasteiger partial charge in [0.25, 0.3) is 0 Å². The van der Waals surface area contributed by atoms with Gasteiger partial charge in [-0.15, -0.1) is 0 Å². The minimum atomic E-state index is 0.0300. The van der Waals surface area contributed by atoms with Crippen molar-refractivity contribution in [1.82, 2.24) is 4.90 Å². The lowest BCUT2D eigenvalue weighted by molar-refractivity contribution is -0.134. The number of nitrogens with zero attached hydrogens (tertiary/aromatic N) is 1. The third-order valence-electron chi connectivity index (χ3n) is 3.03. The van der Waals surface area contributed by atoms with E-state index in [1.54, 1.807) is 19.1 Å². The Hall–Kier alpha value is -0.690. The van der Waals surface area contributed by atoms with Crippen molar-refractivity contribution in [3.63, 3.8) is 0 Å². The van der Waals surface area contributed by atoms with Crippen LogP contribution < -0.4 is 0 Å². The maximum absolute atomic E-state index is 11.9. The molecule has 1 aliphatic rings. The van der Waals surface area contributed by atoms with Gasteiger partial charge in [-0.1, -0.05) is 0 Å². The van der Waals surface area contributed by atoms with Gasteiger partial charge in [-0.25, -0.2) is 0 Å². The first-order valence-electron chi connectivity index (χ1n) is 6.73. The molecule has 1 amide bonds. The van der Waals surface area contributed by atoms with Crippen molar-refractivity contribution in [2.45, 2.75) is 6.42 Å². The SMILES string of the molecule is COCCOCCOCCN(C)C(=O)[C@H]1CCOC1. The van der Waals surface area contributed by atoms with Crippen LogP contribution in [0.15, 0.2) is 0 Å². The van der Waals surface area contributed by atoms with Crippen molar-refractivity contribution >= 4 is 5.91 Å². The predicted octanol–water partition coefficient (Wildman–Crippen LogP) is 0.161. The van der Waals surface area contributed by atoms with Crippen LogP contribution in [0.2, 0.25) is 0 Å². The van der Waals surface area contributed by atoms with Gasteiger partial charge in [-0.3, -0.25) is 4.79 Å². The van der Waals surface area contributed by atoms with Gasteiger partial charge in [0.05, 0.1) is 45.6 Å². The van der Waals surface area contributed by atoms with Crippen LogP contribution in [-0.4, -0.2) is 77.8 Å².